The second-order valence-electron chi connectivity index (χ2n) is 5.58. The molecule has 2 heterocycles. The van der Waals surface area contributed by atoms with Gasteiger partial charge in [-0.25, -0.2) is 0 Å². The zero-order valence-electron chi connectivity index (χ0n) is 12.6. The van der Waals surface area contributed by atoms with Crippen LogP contribution in [0.15, 0.2) is 18.2 Å². The molecule has 0 radical (unpaired) electrons. The number of likely N-dealkylation sites (tertiary alicyclic amines) is 1. The summed E-state index contributed by atoms with van der Waals surface area (Å²) >= 11 is 0. The lowest BCUT2D eigenvalue weighted by atomic mass is 10.0. The van der Waals surface area contributed by atoms with Crippen LogP contribution in [-0.2, 0) is 9.47 Å². The van der Waals surface area contributed by atoms with Gasteiger partial charge in [-0.1, -0.05) is 0 Å². The van der Waals surface area contributed by atoms with Crippen molar-refractivity contribution in [1.29, 1.82) is 0 Å². The summed E-state index contributed by atoms with van der Waals surface area (Å²) in [7, 11) is 1.63. The smallest absolute Gasteiger partial charge is 0.253 e. The first kappa shape index (κ1) is 14.4. The van der Waals surface area contributed by atoms with Gasteiger partial charge in [-0.2, -0.15) is 0 Å². The van der Waals surface area contributed by atoms with Gasteiger partial charge in [0, 0.05) is 31.5 Å². The molecule has 1 spiro atoms. The second kappa shape index (κ2) is 5.66. The highest BCUT2D eigenvalue weighted by Gasteiger charge is 2.40. The minimum Gasteiger partial charge on any atom is -0.496 e. The van der Waals surface area contributed by atoms with E-state index in [1.54, 1.807) is 7.11 Å². The number of hydrogen-bond donors (Lipinski definition) is 0. The van der Waals surface area contributed by atoms with Crippen molar-refractivity contribution in [2.45, 2.75) is 25.6 Å². The van der Waals surface area contributed by atoms with E-state index in [1.807, 2.05) is 30.0 Å². The number of ether oxygens (including phenoxy) is 3. The minimum atomic E-state index is -0.438. The first-order valence-electron chi connectivity index (χ1n) is 7.35. The van der Waals surface area contributed by atoms with Crippen LogP contribution in [0.3, 0.4) is 0 Å². The first-order valence-corrected chi connectivity index (χ1v) is 7.35. The Bertz CT molecular complexity index is 527. The van der Waals surface area contributed by atoms with Crippen molar-refractivity contribution >= 4 is 5.91 Å². The third kappa shape index (κ3) is 2.76. The molecule has 0 unspecified atom stereocenters. The standard InChI is InChI=1S/C16H21NO4/c1-12-11-13(3-4-14(12)19-2)15(18)17-7-5-16(6-8-17)20-9-10-21-16/h3-4,11H,5-10H2,1-2H3. The average Bonchev–Trinajstić information content (AvgIpc) is 2.95. The molecule has 5 nitrogen and oxygen atoms in total. The second-order valence-corrected chi connectivity index (χ2v) is 5.58. The van der Waals surface area contributed by atoms with Gasteiger partial charge in [0.1, 0.15) is 5.75 Å². The number of aryl methyl sites for hydroxylation is 1. The molecule has 0 atom stereocenters. The van der Waals surface area contributed by atoms with Crippen molar-refractivity contribution in [3.8, 4) is 5.75 Å². The van der Waals surface area contributed by atoms with Crippen molar-refractivity contribution in [3.63, 3.8) is 0 Å². The van der Waals surface area contributed by atoms with Crippen LogP contribution in [0.4, 0.5) is 0 Å². The molecule has 0 aliphatic carbocycles. The van der Waals surface area contributed by atoms with E-state index < -0.39 is 5.79 Å². The number of amides is 1. The van der Waals surface area contributed by atoms with Crippen molar-refractivity contribution < 1.29 is 19.0 Å². The Morgan fingerprint density at radius 2 is 1.90 bits per heavy atom. The molecule has 2 saturated heterocycles. The number of benzene rings is 1. The molecule has 5 heteroatoms. The largest absolute Gasteiger partial charge is 0.496 e. The van der Waals surface area contributed by atoms with Gasteiger partial charge < -0.3 is 19.1 Å². The molecule has 1 aromatic carbocycles. The molecule has 3 rings (SSSR count). The monoisotopic (exact) mass is 291 g/mol. The molecule has 2 aliphatic rings. The number of nitrogens with zero attached hydrogens (tertiary/aromatic N) is 1. The summed E-state index contributed by atoms with van der Waals surface area (Å²) in [5.41, 5.74) is 1.68. The van der Waals surface area contributed by atoms with Crippen LogP contribution >= 0.6 is 0 Å². The number of piperidine rings is 1. The Kier molecular flexibility index (Phi) is 3.87. The Balaban J connectivity index is 1.67. The Morgan fingerprint density at radius 1 is 1.24 bits per heavy atom. The molecule has 1 amide bonds. The first-order chi connectivity index (χ1) is 10.1. The van der Waals surface area contributed by atoms with Crippen molar-refractivity contribution in [2.24, 2.45) is 0 Å². The third-order valence-electron chi connectivity index (χ3n) is 4.27. The van der Waals surface area contributed by atoms with Crippen LogP contribution in [0, 0.1) is 6.92 Å². The lowest BCUT2D eigenvalue weighted by molar-refractivity contribution is -0.181. The SMILES string of the molecule is COc1ccc(C(=O)N2CCC3(CC2)OCCO3)cc1C. The molecule has 0 N–H and O–H groups in total. The maximum Gasteiger partial charge on any atom is 0.253 e. The van der Waals surface area contributed by atoms with E-state index in [1.165, 1.54) is 0 Å². The summed E-state index contributed by atoms with van der Waals surface area (Å²) in [6, 6.07) is 5.55. The highest BCUT2D eigenvalue weighted by Crippen LogP contribution is 2.32. The van der Waals surface area contributed by atoms with E-state index in [2.05, 4.69) is 0 Å². The van der Waals surface area contributed by atoms with Gasteiger partial charge in [0.25, 0.3) is 5.91 Å². The molecule has 0 bridgehead atoms. The zero-order valence-corrected chi connectivity index (χ0v) is 12.6. The van der Waals surface area contributed by atoms with E-state index in [4.69, 9.17) is 14.2 Å². The molecule has 0 saturated carbocycles. The molecule has 21 heavy (non-hydrogen) atoms. The summed E-state index contributed by atoms with van der Waals surface area (Å²) in [6.45, 7) is 4.60. The third-order valence-corrected chi connectivity index (χ3v) is 4.27. The van der Waals surface area contributed by atoms with Gasteiger partial charge in [0.05, 0.1) is 20.3 Å². The van der Waals surface area contributed by atoms with E-state index in [0.717, 1.165) is 24.2 Å². The normalized spacial score (nSPS) is 20.8. The van der Waals surface area contributed by atoms with Crippen LogP contribution in [-0.4, -0.2) is 50.0 Å². The predicted molar refractivity (Wildman–Crippen MR) is 77.5 cm³/mol. The fraction of sp³-hybridized carbons (Fsp3) is 0.562. The summed E-state index contributed by atoms with van der Waals surface area (Å²) in [4.78, 5) is 14.4. The van der Waals surface area contributed by atoms with Gasteiger partial charge in [-0.15, -0.1) is 0 Å². The van der Waals surface area contributed by atoms with Gasteiger partial charge in [0.15, 0.2) is 5.79 Å². The Morgan fingerprint density at radius 3 is 2.48 bits per heavy atom. The van der Waals surface area contributed by atoms with Crippen molar-refractivity contribution in [1.82, 2.24) is 4.90 Å². The molecule has 1 aromatic rings. The van der Waals surface area contributed by atoms with Crippen LogP contribution < -0.4 is 4.74 Å². The Hall–Kier alpha value is -1.59. The highest BCUT2D eigenvalue weighted by molar-refractivity contribution is 5.94. The summed E-state index contributed by atoms with van der Waals surface area (Å²) in [6.07, 6.45) is 1.49. The highest BCUT2D eigenvalue weighted by atomic mass is 16.7. The maximum absolute atomic E-state index is 12.6. The lowest BCUT2D eigenvalue weighted by Gasteiger charge is -2.37. The number of methoxy groups -OCH3 is 1. The maximum atomic E-state index is 12.6. The molecular weight excluding hydrogens is 270 g/mol. The molecule has 2 fully saturated rings. The van der Waals surface area contributed by atoms with Crippen LogP contribution in [0.25, 0.3) is 0 Å². The van der Waals surface area contributed by atoms with E-state index in [9.17, 15) is 4.79 Å². The average molecular weight is 291 g/mol. The topological polar surface area (TPSA) is 48.0 Å². The molecular formula is C16H21NO4. The number of carbonyl (C=O) groups is 1. The fourth-order valence-corrected chi connectivity index (χ4v) is 3.03. The van der Waals surface area contributed by atoms with E-state index in [-0.39, 0.29) is 5.91 Å². The summed E-state index contributed by atoms with van der Waals surface area (Å²) in [5, 5.41) is 0. The van der Waals surface area contributed by atoms with E-state index in [0.29, 0.717) is 31.9 Å². The van der Waals surface area contributed by atoms with Gasteiger partial charge in [-0.05, 0) is 30.7 Å². The zero-order chi connectivity index (χ0) is 14.9. The number of carbonyl (C=O) groups excluding carboxylic acids is 1. The van der Waals surface area contributed by atoms with Gasteiger partial charge in [0.2, 0.25) is 0 Å². The molecule has 2 aliphatic heterocycles. The van der Waals surface area contributed by atoms with Crippen LogP contribution in [0.1, 0.15) is 28.8 Å². The van der Waals surface area contributed by atoms with Gasteiger partial charge in [-0.3, -0.25) is 4.79 Å². The predicted octanol–water partition coefficient (Wildman–Crippen LogP) is 1.98. The van der Waals surface area contributed by atoms with Crippen LogP contribution in [0.2, 0.25) is 0 Å². The fourth-order valence-electron chi connectivity index (χ4n) is 3.03. The quantitative estimate of drug-likeness (QED) is 0.836. The number of hydrogen-bond acceptors (Lipinski definition) is 4. The summed E-state index contributed by atoms with van der Waals surface area (Å²) in [5.74, 6) is 0.428. The minimum absolute atomic E-state index is 0.0635. The number of rotatable bonds is 2. The lowest BCUT2D eigenvalue weighted by Crippen LogP contribution is -2.47. The molecule has 0 aromatic heterocycles. The van der Waals surface area contributed by atoms with Gasteiger partial charge >= 0.3 is 0 Å². The van der Waals surface area contributed by atoms with Crippen molar-refractivity contribution in [3.05, 3.63) is 29.3 Å². The van der Waals surface area contributed by atoms with Crippen molar-refractivity contribution in [2.75, 3.05) is 33.4 Å². The Labute approximate surface area is 124 Å². The summed E-state index contributed by atoms with van der Waals surface area (Å²) < 4.78 is 16.6. The van der Waals surface area contributed by atoms with Crippen LogP contribution in [0.5, 0.6) is 5.75 Å². The van der Waals surface area contributed by atoms with E-state index >= 15 is 0 Å². The molecule has 114 valence electrons.